The van der Waals surface area contributed by atoms with Crippen molar-refractivity contribution < 1.29 is 14.3 Å². The summed E-state index contributed by atoms with van der Waals surface area (Å²) in [5.41, 5.74) is 2.44. The van der Waals surface area contributed by atoms with Gasteiger partial charge in [0.25, 0.3) is 5.91 Å². The zero-order chi connectivity index (χ0) is 12.3. The van der Waals surface area contributed by atoms with Crippen molar-refractivity contribution in [3.8, 4) is 0 Å². The second kappa shape index (κ2) is 4.93. The minimum absolute atomic E-state index is 0.160. The smallest absolute Gasteiger partial charge is 0.254 e. The minimum atomic E-state index is -0.299. The number of carbonyl (C=O) groups is 2. The number of nitrogens with one attached hydrogen (secondary N) is 1. The third-order valence-electron chi connectivity index (χ3n) is 2.50. The predicted molar refractivity (Wildman–Crippen MR) is 62.9 cm³/mol. The highest BCUT2D eigenvalue weighted by molar-refractivity contribution is 6.15. The topological polar surface area (TPSA) is 55.4 Å². The normalized spacial score (nSPS) is 17.6. The molecule has 1 aromatic carbocycles. The van der Waals surface area contributed by atoms with E-state index in [1.165, 1.54) is 0 Å². The van der Waals surface area contributed by atoms with Crippen molar-refractivity contribution in [2.24, 2.45) is 0 Å². The van der Waals surface area contributed by atoms with E-state index >= 15 is 0 Å². The summed E-state index contributed by atoms with van der Waals surface area (Å²) in [6.07, 6.45) is 1.90. The Balaban J connectivity index is 2.23. The highest BCUT2D eigenvalue weighted by Crippen LogP contribution is 2.16. The summed E-state index contributed by atoms with van der Waals surface area (Å²) in [5.74, 6) is -0.540. The molecule has 17 heavy (non-hydrogen) atoms. The van der Waals surface area contributed by atoms with Crippen LogP contribution in [0.15, 0.2) is 29.8 Å². The Morgan fingerprint density at radius 3 is 2.88 bits per heavy atom. The van der Waals surface area contributed by atoms with E-state index in [2.05, 4.69) is 5.32 Å². The molecule has 0 radical (unpaired) electrons. The Kier molecular flexibility index (Phi) is 3.35. The molecule has 0 aliphatic carbocycles. The number of amides is 2. The lowest BCUT2D eigenvalue weighted by Crippen LogP contribution is -2.19. The molecule has 0 atom stereocenters. The summed E-state index contributed by atoms with van der Waals surface area (Å²) in [6, 6.07) is 7.68. The number of rotatable bonds is 3. The molecular formula is C13H13NO3. The largest absolute Gasteiger partial charge is 0.380 e. The van der Waals surface area contributed by atoms with Gasteiger partial charge in [0.1, 0.15) is 0 Å². The first-order chi connectivity index (χ1) is 8.19. The van der Waals surface area contributed by atoms with Gasteiger partial charge in [-0.25, -0.2) is 0 Å². The van der Waals surface area contributed by atoms with Crippen LogP contribution >= 0.6 is 0 Å². The third kappa shape index (κ3) is 2.79. The van der Waals surface area contributed by atoms with Gasteiger partial charge in [0, 0.05) is 12.7 Å². The molecule has 0 unspecified atom stereocenters. The Morgan fingerprint density at radius 2 is 2.24 bits per heavy atom. The fraction of sp³-hybridized carbons (Fsp3) is 0.231. The number of ether oxygens (including phenoxy) is 1. The van der Waals surface area contributed by atoms with Crippen molar-refractivity contribution in [2.45, 2.75) is 13.0 Å². The molecule has 2 rings (SSSR count). The maximum Gasteiger partial charge on any atom is 0.254 e. The molecule has 2 amide bonds. The highest BCUT2D eigenvalue weighted by Gasteiger charge is 2.23. The van der Waals surface area contributed by atoms with E-state index in [1.807, 2.05) is 24.3 Å². The summed E-state index contributed by atoms with van der Waals surface area (Å²) in [5, 5.41) is 2.26. The molecule has 0 bridgehead atoms. The van der Waals surface area contributed by atoms with Crippen LogP contribution in [0.1, 0.15) is 17.5 Å². The standard InChI is InChI=1S/C13H13NO3/c1-17-8-10-4-2-3-9(5-10)6-11-7-12(15)14-13(11)16/h2-6H,7-8H2,1H3,(H,14,15,16). The molecular weight excluding hydrogens is 218 g/mol. The Labute approximate surface area is 99.3 Å². The monoisotopic (exact) mass is 231 g/mol. The lowest BCUT2D eigenvalue weighted by atomic mass is 10.1. The summed E-state index contributed by atoms with van der Waals surface area (Å²) in [7, 11) is 1.63. The van der Waals surface area contributed by atoms with Gasteiger partial charge in [-0.15, -0.1) is 0 Å². The zero-order valence-corrected chi connectivity index (χ0v) is 9.53. The minimum Gasteiger partial charge on any atom is -0.380 e. The summed E-state index contributed by atoms with van der Waals surface area (Å²) in [6.45, 7) is 0.530. The third-order valence-corrected chi connectivity index (χ3v) is 2.50. The fourth-order valence-electron chi connectivity index (χ4n) is 1.76. The van der Waals surface area contributed by atoms with Gasteiger partial charge < -0.3 is 4.74 Å². The average molecular weight is 231 g/mol. The van der Waals surface area contributed by atoms with Crippen molar-refractivity contribution in [2.75, 3.05) is 7.11 Å². The predicted octanol–water partition coefficient (Wildman–Crippen LogP) is 1.26. The van der Waals surface area contributed by atoms with Crippen molar-refractivity contribution in [3.05, 3.63) is 41.0 Å². The zero-order valence-electron chi connectivity index (χ0n) is 9.53. The molecule has 0 spiro atoms. The van der Waals surface area contributed by atoms with Crippen molar-refractivity contribution in [1.29, 1.82) is 0 Å². The molecule has 1 N–H and O–H groups in total. The number of methoxy groups -OCH3 is 1. The fourth-order valence-corrected chi connectivity index (χ4v) is 1.76. The number of hydrogen-bond donors (Lipinski definition) is 1. The van der Waals surface area contributed by atoms with Crippen LogP contribution in [0.4, 0.5) is 0 Å². The van der Waals surface area contributed by atoms with Gasteiger partial charge in [0.15, 0.2) is 0 Å². The van der Waals surface area contributed by atoms with Crippen LogP contribution in [-0.2, 0) is 20.9 Å². The molecule has 88 valence electrons. The van der Waals surface area contributed by atoms with E-state index in [0.717, 1.165) is 11.1 Å². The summed E-state index contributed by atoms with van der Waals surface area (Å²) in [4.78, 5) is 22.4. The summed E-state index contributed by atoms with van der Waals surface area (Å²) >= 11 is 0. The molecule has 1 aliphatic rings. The van der Waals surface area contributed by atoms with Gasteiger partial charge in [-0.1, -0.05) is 18.2 Å². The van der Waals surface area contributed by atoms with Crippen LogP contribution in [0, 0.1) is 0 Å². The molecule has 1 aliphatic heterocycles. The molecule has 1 aromatic rings. The van der Waals surface area contributed by atoms with E-state index < -0.39 is 0 Å². The van der Waals surface area contributed by atoms with Gasteiger partial charge in [-0.2, -0.15) is 0 Å². The van der Waals surface area contributed by atoms with Gasteiger partial charge in [-0.3, -0.25) is 14.9 Å². The van der Waals surface area contributed by atoms with E-state index in [-0.39, 0.29) is 18.2 Å². The van der Waals surface area contributed by atoms with Crippen LogP contribution in [0.5, 0.6) is 0 Å². The maximum atomic E-state index is 11.4. The first kappa shape index (κ1) is 11.5. The van der Waals surface area contributed by atoms with E-state index in [1.54, 1.807) is 13.2 Å². The maximum absolute atomic E-state index is 11.4. The van der Waals surface area contributed by atoms with E-state index in [0.29, 0.717) is 12.2 Å². The van der Waals surface area contributed by atoms with Crippen LogP contribution in [-0.4, -0.2) is 18.9 Å². The summed E-state index contributed by atoms with van der Waals surface area (Å²) < 4.78 is 5.04. The van der Waals surface area contributed by atoms with Gasteiger partial charge in [-0.05, 0) is 23.3 Å². The Hall–Kier alpha value is -1.94. The van der Waals surface area contributed by atoms with Gasteiger partial charge >= 0.3 is 0 Å². The quantitative estimate of drug-likeness (QED) is 0.629. The van der Waals surface area contributed by atoms with Gasteiger partial charge in [0.2, 0.25) is 5.91 Å². The van der Waals surface area contributed by atoms with Crippen molar-refractivity contribution in [3.63, 3.8) is 0 Å². The number of benzene rings is 1. The first-order valence-electron chi connectivity index (χ1n) is 5.31. The van der Waals surface area contributed by atoms with Crippen LogP contribution in [0.3, 0.4) is 0 Å². The SMILES string of the molecule is COCc1cccc(C=C2CC(=O)NC2=O)c1. The first-order valence-corrected chi connectivity index (χ1v) is 5.31. The lowest BCUT2D eigenvalue weighted by molar-refractivity contribution is -0.124. The van der Waals surface area contributed by atoms with Gasteiger partial charge in [0.05, 0.1) is 13.0 Å². The van der Waals surface area contributed by atoms with Crippen molar-refractivity contribution >= 4 is 17.9 Å². The highest BCUT2D eigenvalue weighted by atomic mass is 16.5. The van der Waals surface area contributed by atoms with Crippen LogP contribution < -0.4 is 5.32 Å². The Bertz CT molecular complexity index is 491. The number of carbonyl (C=O) groups excluding carboxylic acids is 2. The molecule has 4 heteroatoms. The molecule has 4 nitrogen and oxygen atoms in total. The number of hydrogen-bond acceptors (Lipinski definition) is 3. The van der Waals surface area contributed by atoms with Crippen LogP contribution in [0.25, 0.3) is 6.08 Å². The molecule has 1 saturated heterocycles. The molecule has 1 fully saturated rings. The molecule has 0 saturated carbocycles. The number of imide groups is 1. The molecule has 0 aromatic heterocycles. The second-order valence-corrected chi connectivity index (χ2v) is 3.90. The average Bonchev–Trinajstić information content (AvgIpc) is 2.58. The Morgan fingerprint density at radius 1 is 1.41 bits per heavy atom. The van der Waals surface area contributed by atoms with Crippen molar-refractivity contribution in [1.82, 2.24) is 5.32 Å². The second-order valence-electron chi connectivity index (χ2n) is 3.90. The lowest BCUT2D eigenvalue weighted by Gasteiger charge is -2.01. The van der Waals surface area contributed by atoms with E-state index in [4.69, 9.17) is 4.74 Å². The van der Waals surface area contributed by atoms with Crippen LogP contribution in [0.2, 0.25) is 0 Å². The molecule has 1 heterocycles. The van der Waals surface area contributed by atoms with E-state index in [9.17, 15) is 9.59 Å².